The van der Waals surface area contributed by atoms with E-state index in [1.165, 1.54) is 43.0 Å². The van der Waals surface area contributed by atoms with Crippen LogP contribution in [-0.2, 0) is 4.79 Å². The summed E-state index contributed by atoms with van der Waals surface area (Å²) >= 11 is 2.39. The quantitative estimate of drug-likeness (QED) is 0.259. The molecule has 0 saturated heterocycles. The maximum Gasteiger partial charge on any atom is 0.303 e. The molecule has 0 spiro atoms. The second-order valence-corrected chi connectivity index (χ2v) is 5.08. The van der Waals surface area contributed by atoms with E-state index in [1.807, 2.05) is 0 Å². The molecule has 16 heavy (non-hydrogen) atoms. The Morgan fingerprint density at radius 3 is 2.12 bits per heavy atom. The van der Waals surface area contributed by atoms with E-state index in [-0.39, 0.29) is 0 Å². The fraction of sp³-hybridized carbons (Fsp3) is 0.769. The van der Waals surface area contributed by atoms with Crippen molar-refractivity contribution in [3.63, 3.8) is 0 Å². The second kappa shape index (κ2) is 13.0. The van der Waals surface area contributed by atoms with Crippen molar-refractivity contribution in [2.24, 2.45) is 0 Å². The van der Waals surface area contributed by atoms with Gasteiger partial charge >= 0.3 is 5.97 Å². The van der Waals surface area contributed by atoms with Crippen molar-refractivity contribution in [1.82, 2.24) is 0 Å². The summed E-state index contributed by atoms with van der Waals surface area (Å²) in [6.45, 7) is 0. The average Bonchev–Trinajstić information content (AvgIpc) is 2.25. The van der Waals surface area contributed by atoms with Gasteiger partial charge in [-0.1, -0.05) is 60.4 Å². The highest BCUT2D eigenvalue weighted by atomic mass is 127. The van der Waals surface area contributed by atoms with Gasteiger partial charge in [0.25, 0.3) is 0 Å². The van der Waals surface area contributed by atoms with Crippen LogP contribution in [0.3, 0.4) is 0 Å². The van der Waals surface area contributed by atoms with Gasteiger partial charge in [-0.2, -0.15) is 0 Å². The zero-order chi connectivity index (χ0) is 12.1. The lowest BCUT2D eigenvalue weighted by Gasteiger charge is -1.99. The zero-order valence-electron chi connectivity index (χ0n) is 9.96. The smallest absolute Gasteiger partial charge is 0.303 e. The van der Waals surface area contributed by atoms with Crippen molar-refractivity contribution < 1.29 is 9.90 Å². The second-order valence-electron chi connectivity index (χ2n) is 4.00. The normalized spacial score (nSPS) is 11.1. The molecule has 1 N–H and O–H groups in total. The number of hydrogen-bond acceptors (Lipinski definition) is 1. The molecule has 0 heterocycles. The summed E-state index contributed by atoms with van der Waals surface area (Å²) in [6, 6.07) is 0. The first-order valence-electron chi connectivity index (χ1n) is 6.20. The van der Waals surface area contributed by atoms with E-state index < -0.39 is 5.97 Å². The van der Waals surface area contributed by atoms with Crippen LogP contribution in [0.4, 0.5) is 0 Å². The van der Waals surface area contributed by atoms with Gasteiger partial charge in [0, 0.05) is 10.8 Å². The molecule has 0 fully saturated rings. The molecule has 0 rings (SSSR count). The van der Waals surface area contributed by atoms with Crippen LogP contribution in [0.25, 0.3) is 0 Å². The molecule has 0 aliphatic carbocycles. The van der Waals surface area contributed by atoms with Crippen LogP contribution in [0.1, 0.15) is 57.8 Å². The third kappa shape index (κ3) is 13.9. The highest BCUT2D eigenvalue weighted by Crippen LogP contribution is 2.09. The van der Waals surface area contributed by atoms with E-state index in [9.17, 15) is 4.79 Å². The van der Waals surface area contributed by atoms with Gasteiger partial charge in [-0.15, -0.1) is 0 Å². The van der Waals surface area contributed by atoms with Crippen LogP contribution in [0.5, 0.6) is 0 Å². The summed E-state index contributed by atoms with van der Waals surface area (Å²) in [5.74, 6) is -0.666. The fourth-order valence-electron chi connectivity index (χ4n) is 1.54. The van der Waals surface area contributed by atoms with Crippen LogP contribution < -0.4 is 0 Å². The van der Waals surface area contributed by atoms with Crippen molar-refractivity contribution in [3.8, 4) is 0 Å². The van der Waals surface area contributed by atoms with Crippen LogP contribution in [0, 0.1) is 0 Å². The number of allylic oxidation sites excluding steroid dienone is 2. The molecule has 0 amide bonds. The topological polar surface area (TPSA) is 37.3 Å². The van der Waals surface area contributed by atoms with Gasteiger partial charge in [0.15, 0.2) is 0 Å². The Bertz CT molecular complexity index is 190. The number of halogens is 1. The Labute approximate surface area is 113 Å². The van der Waals surface area contributed by atoms with Gasteiger partial charge in [-0.3, -0.25) is 4.79 Å². The summed E-state index contributed by atoms with van der Waals surface area (Å²) in [7, 11) is 0. The van der Waals surface area contributed by atoms with Gasteiger partial charge < -0.3 is 5.11 Å². The molecule has 0 aromatic carbocycles. The van der Waals surface area contributed by atoms with E-state index in [0.717, 1.165) is 12.8 Å². The first-order valence-corrected chi connectivity index (χ1v) is 7.72. The highest BCUT2D eigenvalue weighted by molar-refractivity contribution is 14.1. The lowest BCUT2D eigenvalue weighted by molar-refractivity contribution is -0.137. The molecule has 0 bridgehead atoms. The van der Waals surface area contributed by atoms with Crippen molar-refractivity contribution in [1.29, 1.82) is 0 Å². The molecule has 0 radical (unpaired) electrons. The van der Waals surface area contributed by atoms with Gasteiger partial charge in [-0.05, 0) is 25.7 Å². The SMILES string of the molecule is O=C(O)CCCCCCCC/C=C\CCI. The number of carboxylic acid groups (broad SMARTS) is 1. The first kappa shape index (κ1) is 15.9. The molecule has 94 valence electrons. The number of rotatable bonds is 11. The Hall–Kier alpha value is -0.0600. The molecular weight excluding hydrogens is 315 g/mol. The Morgan fingerprint density at radius 1 is 0.938 bits per heavy atom. The minimum Gasteiger partial charge on any atom is -0.481 e. The highest BCUT2D eigenvalue weighted by Gasteiger charge is 1.95. The summed E-state index contributed by atoms with van der Waals surface area (Å²) in [5.41, 5.74) is 0. The minimum atomic E-state index is -0.666. The summed E-state index contributed by atoms with van der Waals surface area (Å²) < 4.78 is 1.21. The Morgan fingerprint density at radius 2 is 1.50 bits per heavy atom. The van der Waals surface area contributed by atoms with E-state index in [4.69, 9.17) is 5.11 Å². The monoisotopic (exact) mass is 338 g/mol. The summed E-state index contributed by atoms with van der Waals surface area (Å²) in [6.07, 6.45) is 14.2. The third-order valence-corrected chi connectivity index (χ3v) is 3.08. The van der Waals surface area contributed by atoms with Crippen LogP contribution >= 0.6 is 22.6 Å². The van der Waals surface area contributed by atoms with Gasteiger partial charge in [-0.25, -0.2) is 0 Å². The molecular formula is C13H23IO2. The van der Waals surface area contributed by atoms with Crippen molar-refractivity contribution in [2.75, 3.05) is 4.43 Å². The van der Waals surface area contributed by atoms with Crippen LogP contribution in [0.15, 0.2) is 12.2 Å². The van der Waals surface area contributed by atoms with E-state index >= 15 is 0 Å². The lowest BCUT2D eigenvalue weighted by Crippen LogP contribution is -1.93. The minimum absolute atomic E-state index is 0.332. The van der Waals surface area contributed by atoms with E-state index in [0.29, 0.717) is 6.42 Å². The van der Waals surface area contributed by atoms with Crippen LogP contribution in [-0.4, -0.2) is 15.5 Å². The molecule has 0 aromatic heterocycles. The predicted octanol–water partition coefficient (Wildman–Crippen LogP) is 4.57. The lowest BCUT2D eigenvalue weighted by atomic mass is 10.1. The van der Waals surface area contributed by atoms with E-state index in [2.05, 4.69) is 34.7 Å². The summed E-state index contributed by atoms with van der Waals surface area (Å²) in [5, 5.41) is 8.45. The zero-order valence-corrected chi connectivity index (χ0v) is 12.1. The molecule has 0 aliphatic heterocycles. The number of alkyl halides is 1. The number of aliphatic carboxylic acids is 1. The fourth-order valence-corrected chi connectivity index (χ4v) is 1.90. The number of carbonyl (C=O) groups is 1. The third-order valence-electron chi connectivity index (χ3n) is 2.45. The van der Waals surface area contributed by atoms with Crippen molar-refractivity contribution in [3.05, 3.63) is 12.2 Å². The predicted molar refractivity (Wildman–Crippen MR) is 77.2 cm³/mol. The Kier molecular flexibility index (Phi) is 13.0. The maximum absolute atomic E-state index is 10.3. The number of hydrogen-bond donors (Lipinski definition) is 1. The number of unbranched alkanes of at least 4 members (excludes halogenated alkanes) is 6. The number of carboxylic acids is 1. The molecule has 0 unspecified atom stereocenters. The van der Waals surface area contributed by atoms with Crippen molar-refractivity contribution in [2.45, 2.75) is 57.8 Å². The molecule has 2 nitrogen and oxygen atoms in total. The molecule has 3 heteroatoms. The summed E-state index contributed by atoms with van der Waals surface area (Å²) in [4.78, 5) is 10.3. The van der Waals surface area contributed by atoms with Crippen LogP contribution in [0.2, 0.25) is 0 Å². The largest absolute Gasteiger partial charge is 0.481 e. The van der Waals surface area contributed by atoms with Gasteiger partial charge in [0.2, 0.25) is 0 Å². The first-order chi connectivity index (χ1) is 7.77. The molecule has 0 aromatic rings. The Balaban J connectivity index is 3.01. The maximum atomic E-state index is 10.3. The molecule has 0 saturated carbocycles. The molecule has 0 aliphatic rings. The standard InChI is InChI=1S/C13H23IO2/c14-12-10-8-6-4-2-1-3-5-7-9-11-13(15)16/h6,8H,1-5,7,9-12H2,(H,15,16)/b8-6-. The van der Waals surface area contributed by atoms with Crippen molar-refractivity contribution >= 4 is 28.6 Å². The van der Waals surface area contributed by atoms with Gasteiger partial charge in [0.1, 0.15) is 0 Å². The van der Waals surface area contributed by atoms with E-state index in [1.54, 1.807) is 0 Å². The van der Waals surface area contributed by atoms with Gasteiger partial charge in [0.05, 0.1) is 0 Å². The average molecular weight is 338 g/mol. The molecule has 0 atom stereocenters.